The summed E-state index contributed by atoms with van der Waals surface area (Å²) in [5, 5.41) is 2.55. The molecule has 1 N–H and O–H groups in total. The maximum absolute atomic E-state index is 12.7. The van der Waals surface area contributed by atoms with Crippen molar-refractivity contribution >= 4 is 21.6 Å². The van der Waals surface area contributed by atoms with Gasteiger partial charge in [0.25, 0.3) is 15.9 Å². The van der Waals surface area contributed by atoms with Gasteiger partial charge in [0.05, 0.1) is 0 Å². The highest BCUT2D eigenvalue weighted by Gasteiger charge is 2.29. The van der Waals surface area contributed by atoms with Gasteiger partial charge >= 0.3 is 0 Å². The Bertz CT molecular complexity index is 1130. The van der Waals surface area contributed by atoms with Crippen molar-refractivity contribution in [1.29, 1.82) is 0 Å². The van der Waals surface area contributed by atoms with Gasteiger partial charge in [-0.15, -0.1) is 0 Å². The fourth-order valence-corrected chi connectivity index (χ4v) is 4.90. The lowest BCUT2D eigenvalue weighted by Crippen LogP contribution is -2.35. The third kappa shape index (κ3) is 4.31. The largest absolute Gasteiger partial charge is 0.438 e. The second kappa shape index (κ2) is 8.45. The minimum atomic E-state index is -3.70. The van der Waals surface area contributed by atoms with Gasteiger partial charge in [-0.2, -0.15) is 4.31 Å². The Kier molecular flexibility index (Phi) is 5.74. The molecule has 1 saturated heterocycles. The molecular formula is C21H24N4O4S. The number of anilines is 1. The zero-order valence-electron chi connectivity index (χ0n) is 16.7. The van der Waals surface area contributed by atoms with Crippen molar-refractivity contribution in [2.24, 2.45) is 0 Å². The number of aryl methyl sites for hydroxylation is 1. The van der Waals surface area contributed by atoms with Crippen LogP contribution in [0, 0.1) is 6.92 Å². The smallest absolute Gasteiger partial charge is 0.291 e. The average molecular weight is 429 g/mol. The molecule has 1 aromatic carbocycles. The number of sulfonamides is 1. The number of rotatable bonds is 6. The van der Waals surface area contributed by atoms with Crippen LogP contribution in [0.4, 0.5) is 5.69 Å². The molecule has 3 heterocycles. The Labute approximate surface area is 175 Å². The molecule has 1 fully saturated rings. The summed E-state index contributed by atoms with van der Waals surface area (Å²) < 4.78 is 34.2. The zero-order valence-corrected chi connectivity index (χ0v) is 17.6. The molecular weight excluding hydrogens is 404 g/mol. The second-order valence-electron chi connectivity index (χ2n) is 7.34. The lowest BCUT2D eigenvalue weighted by molar-refractivity contribution is 0.0991. The van der Waals surface area contributed by atoms with Crippen molar-refractivity contribution in [2.45, 2.75) is 37.8 Å². The molecule has 0 bridgehead atoms. The number of hydrogen-bond acceptors (Lipinski definition) is 5. The average Bonchev–Trinajstić information content (AvgIpc) is 3.40. The van der Waals surface area contributed by atoms with E-state index in [1.807, 2.05) is 29.8 Å². The normalized spacial score (nSPS) is 15.2. The number of hydrogen-bond donors (Lipinski definition) is 1. The molecule has 4 rings (SSSR count). The Morgan fingerprint density at radius 3 is 2.50 bits per heavy atom. The number of furan rings is 1. The van der Waals surface area contributed by atoms with Gasteiger partial charge in [0.1, 0.15) is 5.82 Å². The summed E-state index contributed by atoms with van der Waals surface area (Å²) in [6, 6.07) is 10.2. The number of benzene rings is 1. The number of nitrogens with one attached hydrogen (secondary N) is 1. The van der Waals surface area contributed by atoms with Crippen molar-refractivity contribution in [3.8, 4) is 0 Å². The Morgan fingerprint density at radius 1 is 1.10 bits per heavy atom. The van der Waals surface area contributed by atoms with Crippen LogP contribution in [-0.4, -0.2) is 41.3 Å². The van der Waals surface area contributed by atoms with E-state index in [1.165, 1.54) is 16.4 Å². The number of nitrogens with zero attached hydrogens (tertiary/aromatic N) is 3. The van der Waals surface area contributed by atoms with Crippen LogP contribution in [0.5, 0.6) is 0 Å². The minimum Gasteiger partial charge on any atom is -0.438 e. The first-order valence-electron chi connectivity index (χ1n) is 9.91. The van der Waals surface area contributed by atoms with Crippen LogP contribution in [0.15, 0.2) is 58.3 Å². The van der Waals surface area contributed by atoms with E-state index in [4.69, 9.17) is 4.42 Å². The van der Waals surface area contributed by atoms with Crippen LogP contribution < -0.4 is 5.32 Å². The molecule has 1 aliphatic heterocycles. The predicted molar refractivity (Wildman–Crippen MR) is 112 cm³/mol. The third-order valence-electron chi connectivity index (χ3n) is 5.20. The van der Waals surface area contributed by atoms with Crippen molar-refractivity contribution in [2.75, 3.05) is 18.4 Å². The fraction of sp³-hybridized carbons (Fsp3) is 0.333. The molecule has 0 spiro atoms. The molecule has 0 atom stereocenters. The first-order valence-corrected chi connectivity index (χ1v) is 11.4. The van der Waals surface area contributed by atoms with Gasteiger partial charge < -0.3 is 14.3 Å². The van der Waals surface area contributed by atoms with E-state index in [0.717, 1.165) is 30.7 Å². The maximum atomic E-state index is 12.7. The number of carbonyl (C=O) groups is 1. The van der Waals surface area contributed by atoms with E-state index in [0.29, 0.717) is 25.3 Å². The molecule has 1 aliphatic rings. The van der Waals surface area contributed by atoms with Gasteiger partial charge in [-0.1, -0.05) is 18.6 Å². The Hall–Kier alpha value is -2.91. The number of imidazole rings is 1. The maximum Gasteiger partial charge on any atom is 0.291 e. The first-order chi connectivity index (χ1) is 14.4. The highest BCUT2D eigenvalue weighted by atomic mass is 32.2. The van der Waals surface area contributed by atoms with Crippen LogP contribution in [0.3, 0.4) is 0 Å². The van der Waals surface area contributed by atoms with Gasteiger partial charge in [-0.3, -0.25) is 4.79 Å². The summed E-state index contributed by atoms with van der Waals surface area (Å²) >= 11 is 0. The molecule has 3 aromatic rings. The van der Waals surface area contributed by atoms with Crippen LogP contribution in [0.1, 0.15) is 41.2 Å². The van der Waals surface area contributed by atoms with Gasteiger partial charge in [0, 0.05) is 37.7 Å². The zero-order chi connectivity index (χ0) is 21.1. The summed E-state index contributed by atoms with van der Waals surface area (Å²) in [4.78, 5) is 16.7. The van der Waals surface area contributed by atoms with E-state index in [2.05, 4.69) is 10.3 Å². The summed E-state index contributed by atoms with van der Waals surface area (Å²) in [7, 11) is -3.70. The monoisotopic (exact) mass is 428 g/mol. The molecule has 9 heteroatoms. The quantitative estimate of drug-likeness (QED) is 0.650. The standard InChI is InChI=1S/C21H24N4O4S/c1-16-22-11-14-24(16)15-17-5-7-18(8-6-17)23-21(26)19-9-10-20(29-19)30(27,28)25-12-3-2-4-13-25/h5-11,14H,2-4,12-13,15H2,1H3,(H,23,26). The molecule has 2 aromatic heterocycles. The van der Waals surface area contributed by atoms with Crippen molar-refractivity contribution < 1.29 is 17.6 Å². The molecule has 0 aliphatic carbocycles. The van der Waals surface area contributed by atoms with Crippen LogP contribution in [0.25, 0.3) is 0 Å². The molecule has 30 heavy (non-hydrogen) atoms. The summed E-state index contributed by atoms with van der Waals surface area (Å²) in [5.74, 6) is 0.400. The lowest BCUT2D eigenvalue weighted by atomic mass is 10.2. The third-order valence-corrected chi connectivity index (χ3v) is 6.98. The van der Waals surface area contributed by atoms with Crippen LogP contribution in [-0.2, 0) is 16.6 Å². The minimum absolute atomic E-state index is 0.0382. The molecule has 0 radical (unpaired) electrons. The second-order valence-corrected chi connectivity index (χ2v) is 9.21. The van der Waals surface area contributed by atoms with Gasteiger partial charge in [0.15, 0.2) is 5.76 Å². The first kappa shape index (κ1) is 20.4. The van der Waals surface area contributed by atoms with E-state index < -0.39 is 15.9 Å². The van der Waals surface area contributed by atoms with E-state index in [9.17, 15) is 13.2 Å². The highest BCUT2D eigenvalue weighted by molar-refractivity contribution is 7.89. The summed E-state index contributed by atoms with van der Waals surface area (Å²) in [6.45, 7) is 3.60. The van der Waals surface area contributed by atoms with Gasteiger partial charge in [-0.05, 0) is 49.6 Å². The Balaban J connectivity index is 1.41. The molecule has 158 valence electrons. The molecule has 0 saturated carbocycles. The topological polar surface area (TPSA) is 97.4 Å². The van der Waals surface area contributed by atoms with Crippen LogP contribution >= 0.6 is 0 Å². The molecule has 8 nitrogen and oxygen atoms in total. The van der Waals surface area contributed by atoms with E-state index in [1.54, 1.807) is 18.3 Å². The van der Waals surface area contributed by atoms with E-state index >= 15 is 0 Å². The molecule has 0 unspecified atom stereocenters. The van der Waals surface area contributed by atoms with Crippen LogP contribution in [0.2, 0.25) is 0 Å². The SMILES string of the molecule is Cc1nccn1Cc1ccc(NC(=O)c2ccc(S(=O)(=O)N3CCCCC3)o2)cc1. The Morgan fingerprint density at radius 2 is 1.83 bits per heavy atom. The molecule has 1 amide bonds. The predicted octanol–water partition coefficient (Wildman–Crippen LogP) is 3.26. The van der Waals surface area contributed by atoms with Gasteiger partial charge in [-0.25, -0.2) is 13.4 Å². The number of piperidine rings is 1. The number of amides is 1. The van der Waals surface area contributed by atoms with Crippen molar-refractivity contribution in [3.05, 3.63) is 65.9 Å². The number of carbonyl (C=O) groups excluding carboxylic acids is 1. The van der Waals surface area contributed by atoms with Gasteiger partial charge in [0.2, 0.25) is 5.09 Å². The summed E-state index contributed by atoms with van der Waals surface area (Å²) in [6.07, 6.45) is 6.37. The fourth-order valence-electron chi connectivity index (χ4n) is 3.47. The highest BCUT2D eigenvalue weighted by Crippen LogP contribution is 2.23. The van der Waals surface area contributed by atoms with E-state index in [-0.39, 0.29) is 10.9 Å². The van der Waals surface area contributed by atoms with Crippen molar-refractivity contribution in [3.63, 3.8) is 0 Å². The summed E-state index contributed by atoms with van der Waals surface area (Å²) in [5.41, 5.74) is 1.67. The lowest BCUT2D eigenvalue weighted by Gasteiger charge is -2.24. The number of aromatic nitrogens is 2. The van der Waals surface area contributed by atoms with Crippen molar-refractivity contribution in [1.82, 2.24) is 13.9 Å².